The van der Waals surface area contributed by atoms with Gasteiger partial charge in [0.2, 0.25) is 0 Å². The fourth-order valence-electron chi connectivity index (χ4n) is 1.52. The minimum absolute atomic E-state index is 0.171. The Hall–Kier alpha value is -0.610. The highest BCUT2D eigenvalue weighted by molar-refractivity contribution is 5.71. The Labute approximate surface area is 85.0 Å². The molecule has 0 bridgehead atoms. The summed E-state index contributed by atoms with van der Waals surface area (Å²) in [6.07, 6.45) is 2.24. The molecule has 4 heteroatoms. The van der Waals surface area contributed by atoms with Gasteiger partial charge in [0, 0.05) is 13.2 Å². The van der Waals surface area contributed by atoms with Crippen molar-refractivity contribution < 1.29 is 14.3 Å². The van der Waals surface area contributed by atoms with Crippen LogP contribution in [0.1, 0.15) is 19.8 Å². The Morgan fingerprint density at radius 3 is 3.14 bits per heavy atom. The van der Waals surface area contributed by atoms with Crippen LogP contribution in [0.2, 0.25) is 0 Å². The lowest BCUT2D eigenvalue weighted by atomic mass is 10.1. The standard InChI is InChI=1S/C10H19NO3/c1-2-14-10(12)7-11-5-3-9-4-6-13-8-9/h9,11H,2-8H2,1H3. The summed E-state index contributed by atoms with van der Waals surface area (Å²) >= 11 is 0. The van der Waals surface area contributed by atoms with Gasteiger partial charge in [0.05, 0.1) is 13.2 Å². The van der Waals surface area contributed by atoms with E-state index < -0.39 is 0 Å². The molecule has 4 nitrogen and oxygen atoms in total. The van der Waals surface area contributed by atoms with E-state index >= 15 is 0 Å². The summed E-state index contributed by atoms with van der Waals surface area (Å²) in [4.78, 5) is 10.9. The minimum atomic E-state index is -0.171. The van der Waals surface area contributed by atoms with Gasteiger partial charge in [-0.25, -0.2) is 0 Å². The number of ether oxygens (including phenoxy) is 2. The van der Waals surface area contributed by atoms with Crippen LogP contribution in [-0.4, -0.2) is 38.9 Å². The Morgan fingerprint density at radius 2 is 2.50 bits per heavy atom. The van der Waals surface area contributed by atoms with Crippen molar-refractivity contribution in [2.24, 2.45) is 5.92 Å². The first-order valence-corrected chi connectivity index (χ1v) is 5.27. The zero-order chi connectivity index (χ0) is 10.2. The average Bonchev–Trinajstić information content (AvgIpc) is 2.65. The van der Waals surface area contributed by atoms with Gasteiger partial charge in [0.1, 0.15) is 0 Å². The molecule has 0 aromatic heterocycles. The molecule has 1 heterocycles. The van der Waals surface area contributed by atoms with Gasteiger partial charge in [0.25, 0.3) is 0 Å². The predicted octanol–water partition coefficient (Wildman–Crippen LogP) is 0.566. The summed E-state index contributed by atoms with van der Waals surface area (Å²) in [6, 6.07) is 0. The lowest BCUT2D eigenvalue weighted by Crippen LogP contribution is -2.26. The third-order valence-corrected chi connectivity index (χ3v) is 2.33. The molecule has 0 saturated carbocycles. The monoisotopic (exact) mass is 201 g/mol. The Morgan fingerprint density at radius 1 is 1.64 bits per heavy atom. The van der Waals surface area contributed by atoms with Gasteiger partial charge >= 0.3 is 5.97 Å². The average molecular weight is 201 g/mol. The summed E-state index contributed by atoms with van der Waals surface area (Å²) in [7, 11) is 0. The zero-order valence-electron chi connectivity index (χ0n) is 8.75. The van der Waals surface area contributed by atoms with Crippen LogP contribution in [0.25, 0.3) is 0 Å². The molecule has 1 saturated heterocycles. The van der Waals surface area contributed by atoms with Gasteiger partial charge in [-0.15, -0.1) is 0 Å². The van der Waals surface area contributed by atoms with Gasteiger partial charge in [-0.3, -0.25) is 4.79 Å². The lowest BCUT2D eigenvalue weighted by molar-refractivity contribution is -0.142. The lowest BCUT2D eigenvalue weighted by Gasteiger charge is -2.07. The number of carbonyl (C=O) groups is 1. The Balaban J connectivity index is 1.90. The van der Waals surface area contributed by atoms with Crippen molar-refractivity contribution in [1.82, 2.24) is 5.32 Å². The van der Waals surface area contributed by atoms with Gasteiger partial charge in [-0.1, -0.05) is 0 Å². The van der Waals surface area contributed by atoms with Crippen LogP contribution in [0, 0.1) is 5.92 Å². The molecule has 0 aromatic carbocycles. The van der Waals surface area contributed by atoms with Crippen molar-refractivity contribution in [1.29, 1.82) is 0 Å². The molecule has 0 aromatic rings. The quantitative estimate of drug-likeness (QED) is 0.504. The number of rotatable bonds is 6. The first kappa shape index (κ1) is 11.5. The van der Waals surface area contributed by atoms with E-state index in [1.165, 1.54) is 0 Å². The van der Waals surface area contributed by atoms with Crippen LogP contribution in [0.5, 0.6) is 0 Å². The molecule has 0 spiro atoms. The second kappa shape index (κ2) is 6.79. The first-order chi connectivity index (χ1) is 6.83. The molecule has 1 rings (SSSR count). The highest BCUT2D eigenvalue weighted by Crippen LogP contribution is 2.14. The predicted molar refractivity (Wildman–Crippen MR) is 53.0 cm³/mol. The van der Waals surface area contributed by atoms with Crippen molar-refractivity contribution in [3.63, 3.8) is 0 Å². The number of hydrogen-bond acceptors (Lipinski definition) is 4. The van der Waals surface area contributed by atoms with Crippen molar-refractivity contribution in [2.45, 2.75) is 19.8 Å². The molecule has 1 aliphatic rings. The zero-order valence-corrected chi connectivity index (χ0v) is 8.75. The fourth-order valence-corrected chi connectivity index (χ4v) is 1.52. The van der Waals surface area contributed by atoms with Gasteiger partial charge in [0.15, 0.2) is 0 Å². The second-order valence-corrected chi connectivity index (χ2v) is 3.50. The third-order valence-electron chi connectivity index (χ3n) is 2.33. The van der Waals surface area contributed by atoms with E-state index in [0.717, 1.165) is 32.6 Å². The third kappa shape index (κ3) is 4.58. The SMILES string of the molecule is CCOC(=O)CNCCC1CCOC1. The summed E-state index contributed by atoms with van der Waals surface area (Å²) in [6.45, 7) is 5.22. The van der Waals surface area contributed by atoms with E-state index in [9.17, 15) is 4.79 Å². The van der Waals surface area contributed by atoms with Crippen LogP contribution < -0.4 is 5.32 Å². The van der Waals surface area contributed by atoms with Crippen LogP contribution in [0.3, 0.4) is 0 Å². The maximum atomic E-state index is 10.9. The van der Waals surface area contributed by atoms with E-state index in [0.29, 0.717) is 19.1 Å². The summed E-state index contributed by atoms with van der Waals surface area (Å²) < 4.78 is 10.0. The number of carbonyl (C=O) groups excluding carboxylic acids is 1. The van der Waals surface area contributed by atoms with Gasteiger partial charge in [-0.05, 0) is 32.2 Å². The molecule has 0 amide bonds. The van der Waals surface area contributed by atoms with Gasteiger partial charge < -0.3 is 14.8 Å². The van der Waals surface area contributed by atoms with Crippen molar-refractivity contribution in [2.75, 3.05) is 32.9 Å². The largest absolute Gasteiger partial charge is 0.465 e. The fraction of sp³-hybridized carbons (Fsp3) is 0.900. The molecule has 1 N–H and O–H groups in total. The highest BCUT2D eigenvalue weighted by Gasteiger charge is 2.14. The van der Waals surface area contributed by atoms with Crippen LogP contribution >= 0.6 is 0 Å². The molecule has 14 heavy (non-hydrogen) atoms. The summed E-state index contributed by atoms with van der Waals surface area (Å²) in [5.41, 5.74) is 0. The molecular weight excluding hydrogens is 182 g/mol. The van der Waals surface area contributed by atoms with Crippen molar-refractivity contribution >= 4 is 5.97 Å². The van der Waals surface area contributed by atoms with E-state index in [1.807, 2.05) is 6.92 Å². The first-order valence-electron chi connectivity index (χ1n) is 5.27. The molecule has 82 valence electrons. The smallest absolute Gasteiger partial charge is 0.319 e. The van der Waals surface area contributed by atoms with E-state index in [1.54, 1.807) is 0 Å². The molecule has 1 fully saturated rings. The topological polar surface area (TPSA) is 47.6 Å². The molecular formula is C10H19NO3. The maximum absolute atomic E-state index is 10.9. The highest BCUT2D eigenvalue weighted by atomic mass is 16.5. The summed E-state index contributed by atoms with van der Waals surface area (Å²) in [5, 5.41) is 3.07. The number of hydrogen-bond donors (Lipinski definition) is 1. The van der Waals surface area contributed by atoms with Crippen molar-refractivity contribution in [3.8, 4) is 0 Å². The van der Waals surface area contributed by atoms with Crippen LogP contribution in [0.4, 0.5) is 0 Å². The van der Waals surface area contributed by atoms with Crippen LogP contribution in [-0.2, 0) is 14.3 Å². The normalized spacial score (nSPS) is 21.1. The maximum Gasteiger partial charge on any atom is 0.319 e. The molecule has 1 unspecified atom stereocenters. The van der Waals surface area contributed by atoms with E-state index in [4.69, 9.17) is 9.47 Å². The van der Waals surface area contributed by atoms with Crippen LogP contribution in [0.15, 0.2) is 0 Å². The number of nitrogens with one attached hydrogen (secondary N) is 1. The Kier molecular flexibility index (Phi) is 5.56. The van der Waals surface area contributed by atoms with E-state index in [-0.39, 0.29) is 5.97 Å². The van der Waals surface area contributed by atoms with E-state index in [2.05, 4.69) is 5.32 Å². The minimum Gasteiger partial charge on any atom is -0.465 e. The molecule has 0 aliphatic carbocycles. The number of esters is 1. The second-order valence-electron chi connectivity index (χ2n) is 3.50. The molecule has 1 atom stereocenters. The Bertz CT molecular complexity index is 167. The molecule has 0 radical (unpaired) electrons. The summed E-state index contributed by atoms with van der Waals surface area (Å²) in [5.74, 6) is 0.500. The van der Waals surface area contributed by atoms with Crippen molar-refractivity contribution in [3.05, 3.63) is 0 Å². The van der Waals surface area contributed by atoms with Gasteiger partial charge in [-0.2, -0.15) is 0 Å². The molecule has 1 aliphatic heterocycles.